The number of hydrogen-bond acceptors (Lipinski definition) is 5. The van der Waals surface area contributed by atoms with Crippen molar-refractivity contribution in [3.05, 3.63) is 83.9 Å². The van der Waals surface area contributed by atoms with Crippen molar-refractivity contribution in [2.45, 2.75) is 25.3 Å². The molecule has 0 atom stereocenters. The number of anilines is 2. The van der Waals surface area contributed by atoms with E-state index < -0.39 is 10.0 Å². The summed E-state index contributed by atoms with van der Waals surface area (Å²) in [6.45, 7) is 6.95. The number of sulfonamides is 1. The normalized spacial score (nSPS) is 11.3. The average molecular weight is 468 g/mol. The van der Waals surface area contributed by atoms with Crippen LogP contribution in [0, 0.1) is 0 Å². The van der Waals surface area contributed by atoms with Crippen LogP contribution in [0.4, 0.5) is 11.4 Å². The molecule has 3 aromatic rings. The van der Waals surface area contributed by atoms with E-state index in [0.717, 1.165) is 25.2 Å². The standard InChI is InChI=1S/C25H29N3O4S/c1-4-28(5-2)18-19-7-6-8-22(17-19)26-25(29)20-9-15-24(16-10-20)33(30,31)27-21-11-13-23(32-3)14-12-21/h6-17,27H,4-5,18H2,1-3H3,(H,26,29). The third-order valence-corrected chi connectivity index (χ3v) is 6.65. The van der Waals surface area contributed by atoms with E-state index in [9.17, 15) is 13.2 Å². The number of carbonyl (C=O) groups is 1. The first kappa shape index (κ1) is 24.3. The lowest BCUT2D eigenvalue weighted by Crippen LogP contribution is -2.22. The van der Waals surface area contributed by atoms with Crippen molar-refractivity contribution in [2.75, 3.05) is 30.2 Å². The SMILES string of the molecule is CCN(CC)Cc1cccc(NC(=O)c2ccc(S(=O)(=O)Nc3ccc(OC)cc3)cc2)c1. The zero-order chi connectivity index (χ0) is 23.8. The lowest BCUT2D eigenvalue weighted by atomic mass is 10.1. The fourth-order valence-corrected chi connectivity index (χ4v) is 4.37. The van der Waals surface area contributed by atoms with Crippen molar-refractivity contribution in [2.24, 2.45) is 0 Å². The summed E-state index contributed by atoms with van der Waals surface area (Å²) in [5, 5.41) is 2.88. The lowest BCUT2D eigenvalue weighted by molar-refractivity contribution is 0.102. The molecule has 3 rings (SSSR count). The van der Waals surface area contributed by atoms with Crippen molar-refractivity contribution >= 4 is 27.3 Å². The third-order valence-electron chi connectivity index (χ3n) is 5.25. The highest BCUT2D eigenvalue weighted by Crippen LogP contribution is 2.20. The van der Waals surface area contributed by atoms with Gasteiger partial charge < -0.3 is 10.1 Å². The maximum atomic E-state index is 12.7. The van der Waals surface area contributed by atoms with E-state index >= 15 is 0 Å². The molecule has 0 unspecified atom stereocenters. The van der Waals surface area contributed by atoms with Crippen LogP contribution < -0.4 is 14.8 Å². The number of carbonyl (C=O) groups excluding carboxylic acids is 1. The Labute approximate surface area is 195 Å². The second kappa shape index (κ2) is 11.0. The Morgan fingerprint density at radius 2 is 1.58 bits per heavy atom. The highest BCUT2D eigenvalue weighted by atomic mass is 32.2. The third kappa shape index (κ3) is 6.57. The van der Waals surface area contributed by atoms with Crippen molar-refractivity contribution in [3.63, 3.8) is 0 Å². The van der Waals surface area contributed by atoms with Crippen molar-refractivity contribution in [1.82, 2.24) is 4.90 Å². The second-order valence-electron chi connectivity index (χ2n) is 7.47. The summed E-state index contributed by atoms with van der Waals surface area (Å²) in [7, 11) is -2.24. The van der Waals surface area contributed by atoms with Gasteiger partial charge in [0.15, 0.2) is 0 Å². The van der Waals surface area contributed by atoms with E-state index in [1.165, 1.54) is 24.3 Å². The Kier molecular flexibility index (Phi) is 8.08. The fraction of sp³-hybridized carbons (Fsp3) is 0.240. The zero-order valence-corrected chi connectivity index (χ0v) is 19.9. The minimum absolute atomic E-state index is 0.0658. The van der Waals surface area contributed by atoms with Gasteiger partial charge in [0, 0.05) is 23.5 Å². The molecule has 0 heterocycles. The quantitative estimate of drug-likeness (QED) is 0.455. The molecule has 3 aromatic carbocycles. The zero-order valence-electron chi connectivity index (χ0n) is 19.0. The Morgan fingerprint density at radius 3 is 2.18 bits per heavy atom. The largest absolute Gasteiger partial charge is 0.497 e. The van der Waals surface area contributed by atoms with Crippen molar-refractivity contribution < 1.29 is 17.9 Å². The Bertz CT molecular complexity index is 1170. The minimum atomic E-state index is -3.78. The molecule has 0 aliphatic carbocycles. The molecule has 0 bridgehead atoms. The van der Waals surface area contributed by atoms with Gasteiger partial charge in [-0.15, -0.1) is 0 Å². The first-order valence-electron chi connectivity index (χ1n) is 10.7. The van der Waals surface area contributed by atoms with Crippen LogP contribution in [0.5, 0.6) is 5.75 Å². The maximum Gasteiger partial charge on any atom is 0.261 e. The van der Waals surface area contributed by atoms with Crippen LogP contribution in [-0.2, 0) is 16.6 Å². The summed E-state index contributed by atoms with van der Waals surface area (Å²) in [5.41, 5.74) is 2.60. The van der Waals surface area contributed by atoms with E-state index in [4.69, 9.17) is 4.74 Å². The second-order valence-corrected chi connectivity index (χ2v) is 9.16. The van der Waals surface area contributed by atoms with E-state index in [-0.39, 0.29) is 10.8 Å². The first-order valence-corrected chi connectivity index (χ1v) is 12.2. The van der Waals surface area contributed by atoms with Crippen LogP contribution in [0.3, 0.4) is 0 Å². The molecule has 174 valence electrons. The molecule has 33 heavy (non-hydrogen) atoms. The summed E-state index contributed by atoms with van der Waals surface area (Å²) in [4.78, 5) is 15.0. The Morgan fingerprint density at radius 1 is 0.909 bits per heavy atom. The molecule has 0 fully saturated rings. The van der Waals surface area contributed by atoms with E-state index in [0.29, 0.717) is 22.7 Å². The molecule has 0 saturated carbocycles. The monoisotopic (exact) mass is 467 g/mol. The van der Waals surface area contributed by atoms with Gasteiger partial charge in [0.05, 0.1) is 12.0 Å². The molecule has 0 radical (unpaired) electrons. The predicted octanol–water partition coefficient (Wildman–Crippen LogP) is 4.59. The summed E-state index contributed by atoms with van der Waals surface area (Å²) in [6, 6.07) is 20.1. The number of amides is 1. The molecule has 2 N–H and O–H groups in total. The van der Waals surface area contributed by atoms with Crippen LogP contribution in [-0.4, -0.2) is 39.4 Å². The molecular formula is C25H29N3O4S. The van der Waals surface area contributed by atoms with E-state index in [1.807, 2.05) is 24.3 Å². The summed E-state index contributed by atoms with van der Waals surface area (Å²) in [5.74, 6) is 0.328. The smallest absolute Gasteiger partial charge is 0.261 e. The highest BCUT2D eigenvalue weighted by Gasteiger charge is 2.16. The van der Waals surface area contributed by atoms with Gasteiger partial charge in [-0.05, 0) is 79.3 Å². The summed E-state index contributed by atoms with van der Waals surface area (Å²) < 4.78 is 32.9. The van der Waals surface area contributed by atoms with Crippen LogP contribution in [0.15, 0.2) is 77.7 Å². The van der Waals surface area contributed by atoms with Crippen LogP contribution in [0.1, 0.15) is 29.8 Å². The van der Waals surface area contributed by atoms with Crippen LogP contribution in [0.25, 0.3) is 0 Å². The van der Waals surface area contributed by atoms with Gasteiger partial charge in [-0.1, -0.05) is 26.0 Å². The molecule has 7 nitrogen and oxygen atoms in total. The number of benzene rings is 3. The molecule has 0 aromatic heterocycles. The number of hydrogen-bond donors (Lipinski definition) is 2. The fourth-order valence-electron chi connectivity index (χ4n) is 3.31. The van der Waals surface area contributed by atoms with Gasteiger partial charge in [-0.25, -0.2) is 8.42 Å². The molecule has 0 saturated heterocycles. The number of nitrogens with one attached hydrogen (secondary N) is 2. The molecule has 0 aliphatic rings. The maximum absolute atomic E-state index is 12.7. The minimum Gasteiger partial charge on any atom is -0.497 e. The predicted molar refractivity (Wildman–Crippen MR) is 131 cm³/mol. The number of nitrogens with zero attached hydrogens (tertiary/aromatic N) is 1. The number of methoxy groups -OCH3 is 1. The average Bonchev–Trinajstić information content (AvgIpc) is 2.83. The van der Waals surface area contributed by atoms with Gasteiger partial charge in [-0.2, -0.15) is 0 Å². The lowest BCUT2D eigenvalue weighted by Gasteiger charge is -2.18. The molecular weight excluding hydrogens is 438 g/mol. The molecule has 8 heteroatoms. The van der Waals surface area contributed by atoms with Gasteiger partial charge in [0.2, 0.25) is 0 Å². The van der Waals surface area contributed by atoms with Gasteiger partial charge in [-0.3, -0.25) is 14.4 Å². The topological polar surface area (TPSA) is 87.7 Å². The van der Waals surface area contributed by atoms with Crippen LogP contribution in [0.2, 0.25) is 0 Å². The van der Waals surface area contributed by atoms with Gasteiger partial charge >= 0.3 is 0 Å². The Balaban J connectivity index is 1.67. The Hall–Kier alpha value is -3.36. The van der Waals surface area contributed by atoms with Gasteiger partial charge in [0.25, 0.3) is 15.9 Å². The molecule has 0 spiro atoms. The number of rotatable bonds is 10. The van der Waals surface area contributed by atoms with Crippen molar-refractivity contribution in [1.29, 1.82) is 0 Å². The highest BCUT2D eigenvalue weighted by molar-refractivity contribution is 7.92. The summed E-state index contributed by atoms with van der Waals surface area (Å²) in [6.07, 6.45) is 0. The number of ether oxygens (including phenoxy) is 1. The van der Waals surface area contributed by atoms with E-state index in [2.05, 4.69) is 28.8 Å². The van der Waals surface area contributed by atoms with Gasteiger partial charge in [0.1, 0.15) is 5.75 Å². The van der Waals surface area contributed by atoms with Crippen molar-refractivity contribution in [3.8, 4) is 5.75 Å². The first-order chi connectivity index (χ1) is 15.8. The van der Waals surface area contributed by atoms with Crippen LogP contribution >= 0.6 is 0 Å². The molecule has 0 aliphatic heterocycles. The summed E-state index contributed by atoms with van der Waals surface area (Å²) >= 11 is 0. The molecule has 1 amide bonds. The van der Waals surface area contributed by atoms with E-state index in [1.54, 1.807) is 31.4 Å².